The predicted octanol–water partition coefficient (Wildman–Crippen LogP) is 11.3. The lowest BCUT2D eigenvalue weighted by molar-refractivity contribution is -0.275. The van der Waals surface area contributed by atoms with E-state index in [-0.39, 0.29) is 18.8 Å². The molecule has 0 spiro atoms. The molecule has 3 saturated carbocycles. The van der Waals surface area contributed by atoms with Gasteiger partial charge < -0.3 is 9.47 Å². The van der Waals surface area contributed by atoms with Gasteiger partial charge in [-0.3, -0.25) is 0 Å². The van der Waals surface area contributed by atoms with E-state index >= 15 is 0 Å². The summed E-state index contributed by atoms with van der Waals surface area (Å²) in [7, 11) is 0. The second-order valence-corrected chi connectivity index (χ2v) is 12.8. The SMILES string of the molecule is CCCCCC1CCC(C2CCC(/C=C/C3CCC(C(F)(F)Oc4ccc(OC(F)(F)F)c(F)c4)CC3)CC2)CC1. The van der Waals surface area contributed by atoms with E-state index in [0.29, 0.717) is 30.9 Å². The molecule has 3 fully saturated rings. The van der Waals surface area contributed by atoms with Gasteiger partial charge in [-0.2, -0.15) is 8.78 Å². The van der Waals surface area contributed by atoms with Gasteiger partial charge >= 0.3 is 12.5 Å². The van der Waals surface area contributed by atoms with Gasteiger partial charge in [0.2, 0.25) is 0 Å². The normalized spacial score (nSPS) is 29.9. The first-order chi connectivity index (χ1) is 19.5. The summed E-state index contributed by atoms with van der Waals surface area (Å²) in [5.74, 6) is -0.483. The van der Waals surface area contributed by atoms with Crippen LogP contribution in [0.25, 0.3) is 0 Å². The number of hydrogen-bond acceptors (Lipinski definition) is 2. The van der Waals surface area contributed by atoms with Gasteiger partial charge in [0.25, 0.3) is 0 Å². The quantitative estimate of drug-likeness (QED) is 0.145. The Morgan fingerprint density at radius 2 is 1.29 bits per heavy atom. The fourth-order valence-electron chi connectivity index (χ4n) is 7.40. The first-order valence-electron chi connectivity index (χ1n) is 15.8. The third kappa shape index (κ3) is 9.84. The molecule has 3 aliphatic rings. The Kier molecular flexibility index (Phi) is 11.4. The minimum atomic E-state index is -5.08. The summed E-state index contributed by atoms with van der Waals surface area (Å²) in [6.07, 6.45) is 13.9. The maximum absolute atomic E-state index is 14.8. The zero-order valence-corrected chi connectivity index (χ0v) is 24.2. The Morgan fingerprint density at radius 1 is 0.732 bits per heavy atom. The molecule has 41 heavy (non-hydrogen) atoms. The van der Waals surface area contributed by atoms with E-state index in [2.05, 4.69) is 23.8 Å². The summed E-state index contributed by atoms with van der Waals surface area (Å²) in [5.41, 5.74) is 0. The molecular formula is C33H46F6O2. The molecule has 1 aromatic carbocycles. The van der Waals surface area contributed by atoms with Crippen LogP contribution in [0.2, 0.25) is 0 Å². The Morgan fingerprint density at radius 3 is 1.83 bits per heavy atom. The maximum Gasteiger partial charge on any atom is 0.573 e. The highest BCUT2D eigenvalue weighted by Crippen LogP contribution is 2.44. The maximum atomic E-state index is 14.8. The van der Waals surface area contributed by atoms with Gasteiger partial charge in [-0.1, -0.05) is 57.6 Å². The van der Waals surface area contributed by atoms with Crippen molar-refractivity contribution < 1.29 is 35.8 Å². The Hall–Kier alpha value is -1.86. The summed E-state index contributed by atoms with van der Waals surface area (Å²) < 4.78 is 88.8. The summed E-state index contributed by atoms with van der Waals surface area (Å²) in [6, 6.07) is 2.00. The molecule has 0 N–H and O–H groups in total. The van der Waals surface area contributed by atoms with E-state index in [4.69, 9.17) is 4.74 Å². The molecule has 232 valence electrons. The van der Waals surface area contributed by atoms with Crippen molar-refractivity contribution in [1.82, 2.24) is 0 Å². The van der Waals surface area contributed by atoms with Crippen LogP contribution in [0.15, 0.2) is 30.4 Å². The summed E-state index contributed by atoms with van der Waals surface area (Å²) in [5, 5.41) is 0. The van der Waals surface area contributed by atoms with Crippen LogP contribution in [-0.2, 0) is 0 Å². The molecular weight excluding hydrogens is 542 g/mol. The van der Waals surface area contributed by atoms with E-state index in [1.165, 1.54) is 77.0 Å². The van der Waals surface area contributed by atoms with E-state index < -0.39 is 35.7 Å². The second-order valence-electron chi connectivity index (χ2n) is 12.8. The monoisotopic (exact) mass is 588 g/mol. The smallest absolute Gasteiger partial charge is 0.432 e. The van der Waals surface area contributed by atoms with Crippen LogP contribution in [0.4, 0.5) is 26.3 Å². The standard InChI is InChI=1S/C33H46F6O2/c1-2-3-4-5-23-8-14-26(15-9-23)27-16-10-24(11-17-27)6-7-25-12-18-28(19-13-25)32(35,36)40-29-20-21-31(30(34)22-29)41-33(37,38)39/h6-7,20-28H,2-5,8-19H2,1H3/b7-6+. The zero-order chi connectivity index (χ0) is 29.5. The van der Waals surface area contributed by atoms with Crippen LogP contribution >= 0.6 is 0 Å². The zero-order valence-electron chi connectivity index (χ0n) is 24.2. The van der Waals surface area contributed by atoms with Crippen molar-refractivity contribution in [1.29, 1.82) is 0 Å². The van der Waals surface area contributed by atoms with Crippen molar-refractivity contribution in [3.05, 3.63) is 36.2 Å². The molecule has 0 aromatic heterocycles. The largest absolute Gasteiger partial charge is 0.573 e. The van der Waals surface area contributed by atoms with Crippen LogP contribution in [0.5, 0.6) is 11.5 Å². The molecule has 2 nitrogen and oxygen atoms in total. The number of halogens is 6. The van der Waals surface area contributed by atoms with Crippen LogP contribution in [0.1, 0.15) is 110 Å². The molecule has 4 rings (SSSR count). The molecule has 0 heterocycles. The molecule has 0 atom stereocenters. The topological polar surface area (TPSA) is 18.5 Å². The van der Waals surface area contributed by atoms with Crippen molar-refractivity contribution in [2.75, 3.05) is 0 Å². The van der Waals surface area contributed by atoms with E-state index in [1.807, 2.05) is 0 Å². The Bertz CT molecular complexity index is 953. The van der Waals surface area contributed by atoms with E-state index in [9.17, 15) is 26.3 Å². The number of ether oxygens (including phenoxy) is 2. The molecule has 0 amide bonds. The first kappa shape index (κ1) is 32.1. The van der Waals surface area contributed by atoms with Crippen LogP contribution < -0.4 is 9.47 Å². The van der Waals surface area contributed by atoms with Gasteiger partial charge in [-0.15, -0.1) is 13.2 Å². The van der Waals surface area contributed by atoms with Gasteiger partial charge in [-0.25, -0.2) is 4.39 Å². The van der Waals surface area contributed by atoms with Crippen molar-refractivity contribution >= 4 is 0 Å². The van der Waals surface area contributed by atoms with Crippen LogP contribution in [0.3, 0.4) is 0 Å². The highest BCUT2D eigenvalue weighted by molar-refractivity contribution is 5.33. The number of unbranched alkanes of at least 4 members (excludes halogenated alkanes) is 2. The fraction of sp³-hybridized carbons (Fsp3) is 0.758. The highest BCUT2D eigenvalue weighted by Gasteiger charge is 2.44. The molecule has 3 aliphatic carbocycles. The summed E-state index contributed by atoms with van der Waals surface area (Å²) in [4.78, 5) is 0. The molecule has 0 saturated heterocycles. The molecule has 0 aliphatic heterocycles. The third-order valence-electron chi connectivity index (χ3n) is 9.88. The number of benzene rings is 1. The van der Waals surface area contributed by atoms with E-state index in [0.717, 1.165) is 23.8 Å². The van der Waals surface area contributed by atoms with Gasteiger partial charge in [0, 0.05) is 6.07 Å². The molecule has 0 radical (unpaired) electrons. The number of allylic oxidation sites excluding steroid dienone is 2. The van der Waals surface area contributed by atoms with Crippen molar-refractivity contribution in [3.8, 4) is 11.5 Å². The number of hydrogen-bond donors (Lipinski definition) is 0. The van der Waals surface area contributed by atoms with Crippen LogP contribution in [-0.4, -0.2) is 12.5 Å². The third-order valence-corrected chi connectivity index (χ3v) is 9.88. The summed E-state index contributed by atoms with van der Waals surface area (Å²) in [6.45, 7) is 2.27. The fourth-order valence-corrected chi connectivity index (χ4v) is 7.40. The minimum absolute atomic E-state index is 0.263. The van der Waals surface area contributed by atoms with E-state index in [1.54, 1.807) is 0 Å². The summed E-state index contributed by atoms with van der Waals surface area (Å²) >= 11 is 0. The Labute approximate surface area is 241 Å². The molecule has 8 heteroatoms. The van der Waals surface area contributed by atoms with Gasteiger partial charge in [0.1, 0.15) is 5.75 Å². The minimum Gasteiger partial charge on any atom is -0.432 e. The highest BCUT2D eigenvalue weighted by atomic mass is 19.4. The van der Waals surface area contributed by atoms with Gasteiger partial charge in [0.15, 0.2) is 11.6 Å². The van der Waals surface area contributed by atoms with Gasteiger partial charge in [0.05, 0.1) is 5.92 Å². The number of rotatable bonds is 11. The second kappa shape index (κ2) is 14.5. The number of alkyl halides is 5. The van der Waals surface area contributed by atoms with Crippen molar-refractivity contribution in [2.45, 2.75) is 122 Å². The first-order valence-corrected chi connectivity index (χ1v) is 15.8. The average Bonchev–Trinajstić information content (AvgIpc) is 2.94. The van der Waals surface area contributed by atoms with Crippen LogP contribution in [0, 0.1) is 41.3 Å². The van der Waals surface area contributed by atoms with Crippen molar-refractivity contribution in [3.63, 3.8) is 0 Å². The van der Waals surface area contributed by atoms with Gasteiger partial charge in [-0.05, 0) is 106 Å². The molecule has 0 bridgehead atoms. The predicted molar refractivity (Wildman–Crippen MR) is 148 cm³/mol. The molecule has 0 unspecified atom stereocenters. The lowest BCUT2D eigenvalue weighted by Crippen LogP contribution is -2.37. The molecule has 1 aromatic rings. The average molecular weight is 589 g/mol. The Balaban J connectivity index is 1.16. The lowest BCUT2D eigenvalue weighted by atomic mass is 9.68. The lowest BCUT2D eigenvalue weighted by Gasteiger charge is -2.37. The van der Waals surface area contributed by atoms with Crippen molar-refractivity contribution in [2.24, 2.45) is 35.5 Å².